The van der Waals surface area contributed by atoms with Gasteiger partial charge in [0.15, 0.2) is 0 Å². The minimum Gasteiger partial charge on any atom is -0.366 e. The molecule has 2 aromatic carbocycles. The van der Waals surface area contributed by atoms with Crippen molar-refractivity contribution >= 4 is 23.0 Å². The first-order valence-corrected chi connectivity index (χ1v) is 9.06. The average Bonchev–Trinajstić information content (AvgIpc) is 3.42. The number of anilines is 2. The maximum absolute atomic E-state index is 12.6. The minimum absolute atomic E-state index is 0.0392. The van der Waals surface area contributed by atoms with Crippen LogP contribution in [0.25, 0.3) is 11.4 Å². The standard InChI is InChI=1S/C20H19N5O3/c26-20(23-16-6-3-14(4-7-16)19-21-9-10-22-19)15-5-8-17(18(13-15)25(27)28)24-11-1-2-12-24/h3-10,13H,1-2,11-12H2,(H,21,22)(H,23,26). The Kier molecular flexibility index (Phi) is 4.76. The molecule has 0 bridgehead atoms. The number of hydrogen-bond acceptors (Lipinski definition) is 5. The lowest BCUT2D eigenvalue weighted by Crippen LogP contribution is -2.19. The first kappa shape index (κ1) is 17.7. The Morgan fingerprint density at radius 2 is 1.89 bits per heavy atom. The van der Waals surface area contributed by atoms with Crippen LogP contribution in [0.15, 0.2) is 54.9 Å². The SMILES string of the molecule is O=C(Nc1ccc(-c2ncc[nH]2)cc1)c1ccc(N2CCCC2)c([N+](=O)[O-])c1. The molecule has 3 aromatic rings. The molecule has 1 amide bonds. The van der Waals surface area contributed by atoms with Crippen molar-refractivity contribution in [2.75, 3.05) is 23.3 Å². The van der Waals surface area contributed by atoms with Gasteiger partial charge in [-0.3, -0.25) is 14.9 Å². The van der Waals surface area contributed by atoms with Crippen LogP contribution in [0, 0.1) is 10.1 Å². The molecule has 1 aliphatic heterocycles. The van der Waals surface area contributed by atoms with Crippen molar-refractivity contribution in [3.05, 3.63) is 70.5 Å². The number of nitrogens with one attached hydrogen (secondary N) is 2. The summed E-state index contributed by atoms with van der Waals surface area (Å²) in [4.78, 5) is 32.8. The maximum Gasteiger partial charge on any atom is 0.293 e. The summed E-state index contributed by atoms with van der Waals surface area (Å²) in [5.74, 6) is 0.354. The second-order valence-corrected chi connectivity index (χ2v) is 6.62. The molecule has 1 aliphatic rings. The van der Waals surface area contributed by atoms with Crippen LogP contribution in [-0.2, 0) is 0 Å². The molecule has 0 spiro atoms. The van der Waals surface area contributed by atoms with E-state index in [9.17, 15) is 14.9 Å². The minimum atomic E-state index is -0.428. The molecule has 142 valence electrons. The quantitative estimate of drug-likeness (QED) is 0.519. The third kappa shape index (κ3) is 3.57. The van der Waals surface area contributed by atoms with E-state index in [1.54, 1.807) is 36.7 Å². The van der Waals surface area contributed by atoms with E-state index in [-0.39, 0.29) is 17.2 Å². The highest BCUT2D eigenvalue weighted by Crippen LogP contribution is 2.32. The predicted octanol–water partition coefficient (Wildman–Crippen LogP) is 3.84. The normalized spacial score (nSPS) is 13.5. The van der Waals surface area contributed by atoms with Gasteiger partial charge in [-0.25, -0.2) is 4.98 Å². The van der Waals surface area contributed by atoms with Crippen molar-refractivity contribution < 1.29 is 9.72 Å². The van der Waals surface area contributed by atoms with Gasteiger partial charge in [0.05, 0.1) is 4.92 Å². The fourth-order valence-electron chi connectivity index (χ4n) is 3.37. The van der Waals surface area contributed by atoms with Gasteiger partial charge < -0.3 is 15.2 Å². The van der Waals surface area contributed by atoms with E-state index < -0.39 is 4.92 Å². The first-order chi connectivity index (χ1) is 13.6. The predicted molar refractivity (Wildman–Crippen MR) is 107 cm³/mol. The molecule has 1 aromatic heterocycles. The molecule has 4 rings (SSSR count). The Morgan fingerprint density at radius 1 is 1.14 bits per heavy atom. The van der Waals surface area contributed by atoms with Crippen molar-refractivity contribution in [3.8, 4) is 11.4 Å². The van der Waals surface area contributed by atoms with Crippen molar-refractivity contribution in [1.29, 1.82) is 0 Å². The molecular weight excluding hydrogens is 358 g/mol. The highest BCUT2D eigenvalue weighted by Gasteiger charge is 2.23. The molecule has 1 fully saturated rings. The number of hydrogen-bond donors (Lipinski definition) is 2. The number of carbonyl (C=O) groups excluding carboxylic acids is 1. The van der Waals surface area contributed by atoms with Gasteiger partial charge in [-0.05, 0) is 49.2 Å². The fraction of sp³-hybridized carbons (Fsp3) is 0.200. The van der Waals surface area contributed by atoms with E-state index >= 15 is 0 Å². The third-order valence-corrected chi connectivity index (χ3v) is 4.80. The average molecular weight is 377 g/mol. The van der Waals surface area contributed by atoms with Crippen LogP contribution in [0.2, 0.25) is 0 Å². The number of amides is 1. The molecule has 1 saturated heterocycles. The summed E-state index contributed by atoms with van der Waals surface area (Å²) in [7, 11) is 0. The Balaban J connectivity index is 1.53. The van der Waals surface area contributed by atoms with Crippen LogP contribution < -0.4 is 10.2 Å². The van der Waals surface area contributed by atoms with E-state index in [0.29, 0.717) is 11.4 Å². The van der Waals surface area contributed by atoms with E-state index in [4.69, 9.17) is 0 Å². The molecule has 8 heteroatoms. The molecule has 0 unspecified atom stereocenters. The smallest absolute Gasteiger partial charge is 0.293 e. The maximum atomic E-state index is 12.6. The number of nitro groups is 1. The number of aromatic nitrogens is 2. The number of carbonyl (C=O) groups is 1. The summed E-state index contributed by atoms with van der Waals surface area (Å²) in [6, 6.07) is 11.9. The number of H-pyrrole nitrogens is 1. The number of benzene rings is 2. The molecule has 2 heterocycles. The second-order valence-electron chi connectivity index (χ2n) is 6.62. The Bertz CT molecular complexity index is 993. The van der Waals surface area contributed by atoms with E-state index in [1.807, 2.05) is 17.0 Å². The van der Waals surface area contributed by atoms with Crippen LogP contribution in [0.3, 0.4) is 0 Å². The zero-order valence-electron chi connectivity index (χ0n) is 15.1. The Labute approximate surface area is 161 Å². The van der Waals surface area contributed by atoms with Gasteiger partial charge in [-0.15, -0.1) is 0 Å². The summed E-state index contributed by atoms with van der Waals surface area (Å²) >= 11 is 0. The zero-order valence-corrected chi connectivity index (χ0v) is 15.1. The van der Waals surface area contributed by atoms with E-state index in [2.05, 4.69) is 15.3 Å². The Morgan fingerprint density at radius 3 is 2.54 bits per heavy atom. The van der Waals surface area contributed by atoms with Gasteiger partial charge in [0.2, 0.25) is 0 Å². The summed E-state index contributed by atoms with van der Waals surface area (Å²) in [6.07, 6.45) is 5.45. The number of imidazole rings is 1. The number of nitrogens with zero attached hydrogens (tertiary/aromatic N) is 3. The largest absolute Gasteiger partial charge is 0.366 e. The number of aromatic amines is 1. The lowest BCUT2D eigenvalue weighted by atomic mass is 10.1. The molecule has 0 atom stereocenters. The summed E-state index contributed by atoms with van der Waals surface area (Å²) < 4.78 is 0. The van der Waals surface area contributed by atoms with Crippen molar-refractivity contribution in [1.82, 2.24) is 9.97 Å². The summed E-state index contributed by atoms with van der Waals surface area (Å²) in [5, 5.41) is 14.3. The van der Waals surface area contributed by atoms with Gasteiger partial charge in [-0.1, -0.05) is 0 Å². The van der Waals surface area contributed by atoms with Gasteiger partial charge in [0.1, 0.15) is 11.5 Å². The molecule has 28 heavy (non-hydrogen) atoms. The highest BCUT2D eigenvalue weighted by atomic mass is 16.6. The van der Waals surface area contributed by atoms with Crippen molar-refractivity contribution in [2.24, 2.45) is 0 Å². The monoisotopic (exact) mass is 377 g/mol. The van der Waals surface area contributed by atoms with Gasteiger partial charge in [-0.2, -0.15) is 0 Å². The van der Waals surface area contributed by atoms with Gasteiger partial charge in [0, 0.05) is 48.4 Å². The molecule has 0 radical (unpaired) electrons. The van der Waals surface area contributed by atoms with E-state index in [0.717, 1.165) is 37.3 Å². The lowest BCUT2D eigenvalue weighted by Gasteiger charge is -2.17. The van der Waals surface area contributed by atoms with Crippen molar-refractivity contribution in [3.63, 3.8) is 0 Å². The number of rotatable bonds is 5. The van der Waals surface area contributed by atoms with Crippen LogP contribution in [0.4, 0.5) is 17.1 Å². The molecule has 8 nitrogen and oxygen atoms in total. The van der Waals surface area contributed by atoms with Crippen molar-refractivity contribution in [2.45, 2.75) is 12.8 Å². The van der Waals surface area contributed by atoms with E-state index in [1.165, 1.54) is 6.07 Å². The highest BCUT2D eigenvalue weighted by molar-refractivity contribution is 6.05. The van der Waals surface area contributed by atoms with Gasteiger partial charge >= 0.3 is 0 Å². The first-order valence-electron chi connectivity index (χ1n) is 9.06. The molecule has 0 aliphatic carbocycles. The molecular formula is C20H19N5O3. The lowest BCUT2D eigenvalue weighted by molar-refractivity contribution is -0.384. The second kappa shape index (κ2) is 7.51. The Hall–Kier alpha value is -3.68. The molecule has 2 N–H and O–H groups in total. The van der Waals surface area contributed by atoms with Crippen LogP contribution in [0.5, 0.6) is 0 Å². The molecule has 0 saturated carbocycles. The topological polar surface area (TPSA) is 104 Å². The summed E-state index contributed by atoms with van der Waals surface area (Å²) in [5.41, 5.74) is 2.29. The number of nitro benzene ring substituents is 1. The zero-order chi connectivity index (χ0) is 19.5. The summed E-state index contributed by atoms with van der Waals surface area (Å²) in [6.45, 7) is 1.60. The third-order valence-electron chi connectivity index (χ3n) is 4.80. The van der Waals surface area contributed by atoms with Gasteiger partial charge in [0.25, 0.3) is 11.6 Å². The van der Waals surface area contributed by atoms with Crippen LogP contribution >= 0.6 is 0 Å². The van der Waals surface area contributed by atoms with Crippen LogP contribution in [-0.4, -0.2) is 33.9 Å². The fourth-order valence-corrected chi connectivity index (χ4v) is 3.37. The van der Waals surface area contributed by atoms with Crippen LogP contribution in [0.1, 0.15) is 23.2 Å².